The number of aliphatic hydroxyl groups is 1. The van der Waals surface area contributed by atoms with Gasteiger partial charge in [0.15, 0.2) is 0 Å². The monoisotopic (exact) mass is 328 g/mol. The van der Waals surface area contributed by atoms with Gasteiger partial charge in [0.1, 0.15) is 11.5 Å². The predicted octanol–water partition coefficient (Wildman–Crippen LogP) is 0.450. The predicted molar refractivity (Wildman–Crippen MR) is 89.4 cm³/mol. The number of likely N-dealkylation sites (tertiary alicyclic amines) is 1. The van der Waals surface area contributed by atoms with Crippen LogP contribution in [-0.4, -0.2) is 56.1 Å². The number of hydrogen-bond acceptors (Lipinski definition) is 7. The van der Waals surface area contributed by atoms with Crippen LogP contribution in [0.25, 0.3) is 0 Å². The summed E-state index contributed by atoms with van der Waals surface area (Å²) < 4.78 is 0. The third-order valence-electron chi connectivity index (χ3n) is 3.96. The lowest BCUT2D eigenvalue weighted by atomic mass is 10.0. The number of aliphatic hydroxyl groups excluding tert-OH is 1. The van der Waals surface area contributed by atoms with Gasteiger partial charge in [-0.25, -0.2) is 4.98 Å². The van der Waals surface area contributed by atoms with E-state index in [9.17, 15) is 9.90 Å². The van der Waals surface area contributed by atoms with Gasteiger partial charge in [-0.15, -0.1) is 0 Å². The summed E-state index contributed by atoms with van der Waals surface area (Å²) in [5.74, 6) is 0.596. The summed E-state index contributed by atoms with van der Waals surface area (Å²) in [7, 11) is 0. The van der Waals surface area contributed by atoms with Gasteiger partial charge in [0, 0.05) is 31.0 Å². The number of nitrogen functional groups attached to an aromatic ring is 1. The molecule has 8 heteroatoms. The molecule has 126 valence electrons. The molecule has 2 aromatic heterocycles. The minimum absolute atomic E-state index is 0.171. The van der Waals surface area contributed by atoms with Crippen molar-refractivity contribution in [2.45, 2.75) is 25.5 Å². The smallest absolute Gasteiger partial charge is 0.272 e. The Morgan fingerprint density at radius 3 is 2.92 bits per heavy atom. The number of nitrogens with zero attached hydrogens (tertiary/aromatic N) is 4. The first-order chi connectivity index (χ1) is 11.5. The summed E-state index contributed by atoms with van der Waals surface area (Å²) in [6, 6.07) is 6.77. The van der Waals surface area contributed by atoms with E-state index in [2.05, 4.69) is 20.3 Å². The van der Waals surface area contributed by atoms with Crippen LogP contribution in [0.5, 0.6) is 0 Å². The zero-order chi connectivity index (χ0) is 17.1. The highest BCUT2D eigenvalue weighted by atomic mass is 16.3. The molecule has 0 bridgehead atoms. The van der Waals surface area contributed by atoms with Gasteiger partial charge in [0.25, 0.3) is 5.91 Å². The van der Waals surface area contributed by atoms with Crippen LogP contribution in [-0.2, 0) is 0 Å². The van der Waals surface area contributed by atoms with E-state index in [0.717, 1.165) is 5.69 Å². The molecule has 3 rings (SSSR count). The lowest BCUT2D eigenvalue weighted by Gasteiger charge is -2.36. The van der Waals surface area contributed by atoms with E-state index in [4.69, 9.17) is 5.73 Å². The molecule has 8 nitrogen and oxygen atoms in total. The SMILES string of the molecule is Cc1cc(N[C@@H]2CCN(C(=O)c3ccccn3)C[C@H]2O)nc(N)n1. The Morgan fingerprint density at radius 2 is 2.25 bits per heavy atom. The van der Waals surface area contributed by atoms with E-state index in [0.29, 0.717) is 24.5 Å². The van der Waals surface area contributed by atoms with E-state index in [1.54, 1.807) is 35.4 Å². The largest absolute Gasteiger partial charge is 0.389 e. The second-order valence-corrected chi connectivity index (χ2v) is 5.83. The van der Waals surface area contributed by atoms with Gasteiger partial charge >= 0.3 is 0 Å². The first kappa shape index (κ1) is 16.1. The highest BCUT2D eigenvalue weighted by Crippen LogP contribution is 2.18. The number of carbonyl (C=O) groups is 1. The standard InChI is InChI=1S/C16H20N6O2/c1-10-8-14(21-16(17)19-10)20-11-5-7-22(9-13(11)23)15(24)12-4-2-3-6-18-12/h2-4,6,8,11,13,23H,5,7,9H2,1H3,(H3,17,19,20,21)/t11-,13-/m1/s1. The van der Waals surface area contributed by atoms with Crippen LogP contribution in [0.15, 0.2) is 30.5 Å². The maximum Gasteiger partial charge on any atom is 0.272 e. The summed E-state index contributed by atoms with van der Waals surface area (Å²) in [6.45, 7) is 2.60. The number of nitrogens with two attached hydrogens (primary N) is 1. The lowest BCUT2D eigenvalue weighted by Crippen LogP contribution is -2.51. The van der Waals surface area contributed by atoms with Gasteiger partial charge in [0.2, 0.25) is 5.95 Å². The number of β-amino-alcohol motifs (C(OH)–C–C–N with tert-alkyl or cyclic N) is 1. The van der Waals surface area contributed by atoms with E-state index >= 15 is 0 Å². The molecule has 2 atom stereocenters. The van der Waals surface area contributed by atoms with Crippen molar-refractivity contribution in [3.63, 3.8) is 0 Å². The highest BCUT2D eigenvalue weighted by Gasteiger charge is 2.31. The third-order valence-corrected chi connectivity index (χ3v) is 3.96. The van der Waals surface area contributed by atoms with Crippen molar-refractivity contribution in [3.8, 4) is 0 Å². The van der Waals surface area contributed by atoms with Gasteiger partial charge < -0.3 is 21.1 Å². The van der Waals surface area contributed by atoms with Crippen molar-refractivity contribution in [3.05, 3.63) is 41.9 Å². The number of hydrogen-bond donors (Lipinski definition) is 3. The summed E-state index contributed by atoms with van der Waals surface area (Å²) in [4.78, 5) is 26.2. The molecule has 0 aliphatic carbocycles. The number of piperidine rings is 1. The van der Waals surface area contributed by atoms with Gasteiger partial charge in [0.05, 0.1) is 12.1 Å². The number of aromatic nitrogens is 3. The van der Waals surface area contributed by atoms with E-state index in [1.807, 2.05) is 6.92 Å². The van der Waals surface area contributed by atoms with Crippen molar-refractivity contribution in [2.75, 3.05) is 24.1 Å². The number of carbonyl (C=O) groups excluding carboxylic acids is 1. The normalized spacial score (nSPS) is 20.7. The second kappa shape index (κ2) is 6.79. The fourth-order valence-electron chi connectivity index (χ4n) is 2.79. The molecular weight excluding hydrogens is 308 g/mol. The Kier molecular flexibility index (Phi) is 4.57. The summed E-state index contributed by atoms with van der Waals surface area (Å²) in [5.41, 5.74) is 6.78. The third kappa shape index (κ3) is 3.60. The van der Waals surface area contributed by atoms with Crippen LogP contribution >= 0.6 is 0 Å². The topological polar surface area (TPSA) is 117 Å². The molecule has 2 aromatic rings. The first-order valence-corrected chi connectivity index (χ1v) is 7.79. The number of anilines is 2. The number of rotatable bonds is 3. The van der Waals surface area contributed by atoms with Gasteiger partial charge in [-0.1, -0.05) is 6.07 Å². The number of nitrogens with one attached hydrogen (secondary N) is 1. The molecule has 1 amide bonds. The minimum atomic E-state index is -0.706. The first-order valence-electron chi connectivity index (χ1n) is 7.79. The Hall–Kier alpha value is -2.74. The maximum absolute atomic E-state index is 12.4. The van der Waals surface area contributed by atoms with E-state index in [1.165, 1.54) is 0 Å². The van der Waals surface area contributed by atoms with Crippen LogP contribution in [0.2, 0.25) is 0 Å². The molecule has 0 aromatic carbocycles. The fourth-order valence-corrected chi connectivity index (χ4v) is 2.79. The zero-order valence-corrected chi connectivity index (χ0v) is 13.4. The summed E-state index contributed by atoms with van der Waals surface area (Å²) in [6.07, 6.45) is 1.48. The Labute approximate surface area is 139 Å². The Bertz CT molecular complexity index is 704. The van der Waals surface area contributed by atoms with Crippen LogP contribution in [0.3, 0.4) is 0 Å². The van der Waals surface area contributed by atoms with Crippen molar-refractivity contribution >= 4 is 17.7 Å². The molecule has 3 heterocycles. The quantitative estimate of drug-likeness (QED) is 0.749. The average Bonchev–Trinajstić information content (AvgIpc) is 2.56. The molecule has 1 aliphatic heterocycles. The highest BCUT2D eigenvalue weighted by molar-refractivity contribution is 5.92. The molecule has 1 fully saturated rings. The number of pyridine rings is 1. The van der Waals surface area contributed by atoms with Crippen molar-refractivity contribution in [1.82, 2.24) is 19.9 Å². The molecule has 0 unspecified atom stereocenters. The molecular formula is C16H20N6O2. The van der Waals surface area contributed by atoms with Crippen molar-refractivity contribution < 1.29 is 9.90 Å². The van der Waals surface area contributed by atoms with Crippen LogP contribution in [0.1, 0.15) is 22.6 Å². The maximum atomic E-state index is 12.4. The number of amides is 1. The van der Waals surface area contributed by atoms with Crippen LogP contribution in [0, 0.1) is 6.92 Å². The summed E-state index contributed by atoms with van der Waals surface area (Å²) in [5, 5.41) is 13.6. The minimum Gasteiger partial charge on any atom is -0.389 e. The van der Waals surface area contributed by atoms with Crippen LogP contribution in [0.4, 0.5) is 11.8 Å². The van der Waals surface area contributed by atoms with Crippen molar-refractivity contribution in [2.24, 2.45) is 0 Å². The van der Waals surface area contributed by atoms with E-state index < -0.39 is 6.10 Å². The Morgan fingerprint density at radius 1 is 1.42 bits per heavy atom. The molecule has 0 spiro atoms. The van der Waals surface area contributed by atoms with Gasteiger partial charge in [-0.2, -0.15) is 4.98 Å². The summed E-state index contributed by atoms with van der Waals surface area (Å²) >= 11 is 0. The molecule has 4 N–H and O–H groups in total. The van der Waals surface area contributed by atoms with Gasteiger partial charge in [-0.05, 0) is 25.5 Å². The molecule has 1 saturated heterocycles. The lowest BCUT2D eigenvalue weighted by molar-refractivity contribution is 0.0421. The molecule has 0 saturated carbocycles. The van der Waals surface area contributed by atoms with E-state index in [-0.39, 0.29) is 24.4 Å². The van der Waals surface area contributed by atoms with Gasteiger partial charge in [-0.3, -0.25) is 9.78 Å². The molecule has 0 radical (unpaired) electrons. The van der Waals surface area contributed by atoms with Crippen LogP contribution < -0.4 is 11.1 Å². The van der Waals surface area contributed by atoms with Crippen molar-refractivity contribution in [1.29, 1.82) is 0 Å². The second-order valence-electron chi connectivity index (χ2n) is 5.83. The molecule has 24 heavy (non-hydrogen) atoms. The average molecular weight is 328 g/mol. The Balaban J connectivity index is 1.64. The number of aryl methyl sites for hydroxylation is 1. The molecule has 1 aliphatic rings. The fraction of sp³-hybridized carbons (Fsp3) is 0.375. The zero-order valence-electron chi connectivity index (χ0n) is 13.4.